The molecule has 0 radical (unpaired) electrons. The third-order valence-corrected chi connectivity index (χ3v) is 3.48. The van der Waals surface area contributed by atoms with E-state index in [0.717, 1.165) is 16.7 Å². The van der Waals surface area contributed by atoms with Gasteiger partial charge in [-0.1, -0.05) is 35.9 Å². The first-order valence-electron chi connectivity index (χ1n) is 7.07. The monoisotopic (exact) mass is 292 g/mol. The predicted molar refractivity (Wildman–Crippen MR) is 85.0 cm³/mol. The van der Waals surface area contributed by atoms with Gasteiger partial charge < -0.3 is 9.15 Å². The number of aryl methyl sites for hydroxylation is 2. The molecule has 3 heteroatoms. The van der Waals surface area contributed by atoms with Crippen LogP contribution in [0.1, 0.15) is 21.7 Å². The number of furan rings is 1. The zero-order valence-corrected chi connectivity index (χ0v) is 12.5. The Balaban J connectivity index is 1.83. The first-order valence-corrected chi connectivity index (χ1v) is 7.07. The van der Waals surface area contributed by atoms with Gasteiger partial charge >= 0.3 is 5.97 Å². The number of carbonyl (C=O) groups excluding carboxylic acids is 1. The summed E-state index contributed by atoms with van der Waals surface area (Å²) in [5.74, 6) is 0.246. The average Bonchev–Trinajstić information content (AvgIpc) is 3.04. The molecule has 0 spiro atoms. The number of esters is 1. The summed E-state index contributed by atoms with van der Waals surface area (Å²) in [6.07, 6.45) is 1.45. The maximum absolute atomic E-state index is 11.9. The Morgan fingerprint density at radius 1 is 0.955 bits per heavy atom. The Morgan fingerprint density at radius 2 is 1.68 bits per heavy atom. The molecule has 0 atom stereocenters. The van der Waals surface area contributed by atoms with Crippen LogP contribution < -0.4 is 4.74 Å². The maximum Gasteiger partial charge on any atom is 0.379 e. The van der Waals surface area contributed by atoms with Crippen LogP contribution in [0.15, 0.2) is 65.3 Å². The van der Waals surface area contributed by atoms with Crippen molar-refractivity contribution < 1.29 is 13.9 Å². The molecule has 110 valence electrons. The van der Waals surface area contributed by atoms with E-state index in [4.69, 9.17) is 9.15 Å². The van der Waals surface area contributed by atoms with E-state index in [2.05, 4.69) is 31.2 Å². The van der Waals surface area contributed by atoms with Crippen molar-refractivity contribution in [2.45, 2.75) is 13.8 Å². The van der Waals surface area contributed by atoms with E-state index >= 15 is 0 Å². The summed E-state index contributed by atoms with van der Waals surface area (Å²) in [7, 11) is 0. The van der Waals surface area contributed by atoms with Gasteiger partial charge in [-0.25, -0.2) is 4.79 Å². The number of rotatable bonds is 3. The second kappa shape index (κ2) is 5.90. The summed E-state index contributed by atoms with van der Waals surface area (Å²) in [6, 6.07) is 17.3. The Morgan fingerprint density at radius 3 is 2.32 bits per heavy atom. The molecule has 3 aromatic rings. The van der Waals surface area contributed by atoms with Crippen LogP contribution in [0, 0.1) is 13.8 Å². The fourth-order valence-electron chi connectivity index (χ4n) is 2.23. The molecule has 0 fully saturated rings. The zero-order chi connectivity index (χ0) is 15.5. The van der Waals surface area contributed by atoms with E-state index in [1.807, 2.05) is 25.1 Å². The van der Waals surface area contributed by atoms with E-state index in [0.29, 0.717) is 5.75 Å². The number of hydrogen-bond acceptors (Lipinski definition) is 3. The Bertz CT molecular complexity index is 784. The van der Waals surface area contributed by atoms with Gasteiger partial charge in [-0.15, -0.1) is 0 Å². The van der Waals surface area contributed by atoms with Crippen LogP contribution in [0.25, 0.3) is 11.1 Å². The molecule has 0 unspecified atom stereocenters. The van der Waals surface area contributed by atoms with Crippen molar-refractivity contribution in [2.24, 2.45) is 0 Å². The summed E-state index contributed by atoms with van der Waals surface area (Å²) in [4.78, 5) is 11.9. The summed E-state index contributed by atoms with van der Waals surface area (Å²) >= 11 is 0. The van der Waals surface area contributed by atoms with Crippen LogP contribution in [0.2, 0.25) is 0 Å². The normalized spacial score (nSPS) is 10.5. The van der Waals surface area contributed by atoms with E-state index in [1.54, 1.807) is 12.1 Å². The fourth-order valence-corrected chi connectivity index (χ4v) is 2.23. The molecule has 2 aromatic carbocycles. The van der Waals surface area contributed by atoms with E-state index < -0.39 is 5.97 Å². The van der Waals surface area contributed by atoms with Gasteiger partial charge in [0.2, 0.25) is 5.76 Å². The first kappa shape index (κ1) is 14.1. The first-order chi connectivity index (χ1) is 10.6. The molecule has 0 amide bonds. The Hall–Kier alpha value is -2.81. The molecule has 1 heterocycles. The van der Waals surface area contributed by atoms with Crippen LogP contribution >= 0.6 is 0 Å². The molecule has 0 aliphatic carbocycles. The lowest BCUT2D eigenvalue weighted by molar-refractivity contribution is 0.0700. The zero-order valence-electron chi connectivity index (χ0n) is 12.5. The third-order valence-electron chi connectivity index (χ3n) is 3.48. The molecule has 0 N–H and O–H groups in total. The highest BCUT2D eigenvalue weighted by molar-refractivity contribution is 5.88. The molecule has 3 rings (SSSR count). The smallest absolute Gasteiger partial charge is 0.379 e. The topological polar surface area (TPSA) is 39.4 Å². The molecule has 0 aliphatic rings. The van der Waals surface area contributed by atoms with Crippen LogP contribution in [-0.2, 0) is 0 Å². The van der Waals surface area contributed by atoms with Crippen LogP contribution in [0.5, 0.6) is 5.75 Å². The number of benzene rings is 2. The number of hydrogen-bond donors (Lipinski definition) is 0. The van der Waals surface area contributed by atoms with Gasteiger partial charge in [0, 0.05) is 0 Å². The minimum atomic E-state index is -0.490. The minimum absolute atomic E-state index is 0.196. The van der Waals surface area contributed by atoms with Gasteiger partial charge in [-0.2, -0.15) is 0 Å². The second-order valence-electron chi connectivity index (χ2n) is 5.21. The number of ether oxygens (including phenoxy) is 1. The van der Waals surface area contributed by atoms with Crippen molar-refractivity contribution in [3.63, 3.8) is 0 Å². The van der Waals surface area contributed by atoms with Gasteiger partial charge in [-0.05, 0) is 54.8 Å². The highest BCUT2D eigenvalue weighted by atomic mass is 16.5. The van der Waals surface area contributed by atoms with Crippen molar-refractivity contribution in [2.75, 3.05) is 0 Å². The summed E-state index contributed by atoms with van der Waals surface area (Å²) in [5.41, 5.74) is 4.36. The minimum Gasteiger partial charge on any atom is -0.457 e. The lowest BCUT2D eigenvalue weighted by atomic mass is 10.0. The summed E-state index contributed by atoms with van der Waals surface area (Å²) < 4.78 is 10.4. The lowest BCUT2D eigenvalue weighted by Gasteiger charge is -2.09. The average molecular weight is 292 g/mol. The Labute approximate surface area is 129 Å². The SMILES string of the molecule is Cc1ccc(-c2ccc(OC(=O)c3ccco3)c(C)c2)cc1. The van der Waals surface area contributed by atoms with Crippen molar-refractivity contribution in [1.82, 2.24) is 0 Å². The standard InChI is InChI=1S/C19H16O3/c1-13-5-7-15(8-6-13)16-9-10-17(14(2)12-16)22-19(20)18-4-3-11-21-18/h3-12H,1-2H3. The number of carbonyl (C=O) groups is 1. The summed E-state index contributed by atoms with van der Waals surface area (Å²) in [6.45, 7) is 3.98. The third kappa shape index (κ3) is 2.93. The van der Waals surface area contributed by atoms with Crippen LogP contribution in [0.3, 0.4) is 0 Å². The van der Waals surface area contributed by atoms with Crippen LogP contribution in [-0.4, -0.2) is 5.97 Å². The molecule has 0 saturated carbocycles. The van der Waals surface area contributed by atoms with Crippen molar-refractivity contribution >= 4 is 5.97 Å². The van der Waals surface area contributed by atoms with E-state index in [-0.39, 0.29) is 5.76 Å². The van der Waals surface area contributed by atoms with E-state index in [9.17, 15) is 4.79 Å². The van der Waals surface area contributed by atoms with Crippen LogP contribution in [0.4, 0.5) is 0 Å². The molecule has 1 aromatic heterocycles. The molecule has 0 bridgehead atoms. The molecule has 0 aliphatic heterocycles. The van der Waals surface area contributed by atoms with Crippen molar-refractivity contribution in [1.29, 1.82) is 0 Å². The van der Waals surface area contributed by atoms with E-state index in [1.165, 1.54) is 11.8 Å². The highest BCUT2D eigenvalue weighted by Crippen LogP contribution is 2.27. The largest absolute Gasteiger partial charge is 0.457 e. The molecular weight excluding hydrogens is 276 g/mol. The quantitative estimate of drug-likeness (QED) is 0.515. The predicted octanol–water partition coefficient (Wildman–Crippen LogP) is 4.78. The second-order valence-corrected chi connectivity index (χ2v) is 5.21. The van der Waals surface area contributed by atoms with Gasteiger partial charge in [0.25, 0.3) is 0 Å². The molecular formula is C19H16O3. The van der Waals surface area contributed by atoms with Crippen molar-refractivity contribution in [3.8, 4) is 16.9 Å². The van der Waals surface area contributed by atoms with Gasteiger partial charge in [-0.3, -0.25) is 0 Å². The van der Waals surface area contributed by atoms with Crippen molar-refractivity contribution in [3.05, 3.63) is 77.7 Å². The molecule has 0 saturated heterocycles. The molecule has 22 heavy (non-hydrogen) atoms. The van der Waals surface area contributed by atoms with Gasteiger partial charge in [0.1, 0.15) is 5.75 Å². The van der Waals surface area contributed by atoms with Gasteiger partial charge in [0.15, 0.2) is 0 Å². The maximum atomic E-state index is 11.9. The summed E-state index contributed by atoms with van der Waals surface area (Å²) in [5, 5.41) is 0. The molecule has 3 nitrogen and oxygen atoms in total. The lowest BCUT2D eigenvalue weighted by Crippen LogP contribution is -2.08. The fraction of sp³-hybridized carbons (Fsp3) is 0.105. The highest BCUT2D eigenvalue weighted by Gasteiger charge is 2.13. The Kier molecular flexibility index (Phi) is 3.79. The van der Waals surface area contributed by atoms with Gasteiger partial charge in [0.05, 0.1) is 6.26 Å².